The standard InChI is InChI=1S/C24H30N4OS/c1-4-19-6-8-21-22(16-19)30-24(26-21)28-13-11-27(12-14-28)10-9-25-23(29)20-7-5-17(2)18(3)15-20/h5-8,15-16H,4,9-14H2,1-3H3,(H,25,29). The summed E-state index contributed by atoms with van der Waals surface area (Å²) in [5.41, 5.74) is 5.57. The van der Waals surface area contributed by atoms with Crippen LogP contribution in [0.1, 0.15) is 34.0 Å². The highest BCUT2D eigenvalue weighted by molar-refractivity contribution is 7.22. The van der Waals surface area contributed by atoms with Crippen LogP contribution in [0, 0.1) is 13.8 Å². The smallest absolute Gasteiger partial charge is 0.251 e. The van der Waals surface area contributed by atoms with Gasteiger partial charge in [-0.2, -0.15) is 0 Å². The molecule has 0 radical (unpaired) electrons. The fourth-order valence-corrected chi connectivity index (χ4v) is 4.87. The monoisotopic (exact) mass is 422 g/mol. The van der Waals surface area contributed by atoms with Crippen molar-refractivity contribution in [1.29, 1.82) is 0 Å². The average molecular weight is 423 g/mol. The molecule has 2 heterocycles. The highest BCUT2D eigenvalue weighted by Crippen LogP contribution is 2.30. The summed E-state index contributed by atoms with van der Waals surface area (Å²) < 4.78 is 1.28. The number of hydrogen-bond acceptors (Lipinski definition) is 5. The van der Waals surface area contributed by atoms with Gasteiger partial charge in [0, 0.05) is 44.8 Å². The van der Waals surface area contributed by atoms with Crippen LogP contribution in [0.5, 0.6) is 0 Å². The summed E-state index contributed by atoms with van der Waals surface area (Å²) in [5, 5.41) is 4.19. The summed E-state index contributed by atoms with van der Waals surface area (Å²) in [6, 6.07) is 12.5. The molecule has 0 spiro atoms. The van der Waals surface area contributed by atoms with Crippen molar-refractivity contribution >= 4 is 32.6 Å². The van der Waals surface area contributed by atoms with E-state index < -0.39 is 0 Å². The summed E-state index contributed by atoms with van der Waals surface area (Å²) in [6.45, 7) is 11.8. The number of piperazine rings is 1. The Balaban J connectivity index is 1.25. The molecule has 1 saturated heterocycles. The Kier molecular flexibility index (Phi) is 6.35. The first-order chi connectivity index (χ1) is 14.5. The van der Waals surface area contributed by atoms with E-state index in [0.29, 0.717) is 6.54 Å². The van der Waals surface area contributed by atoms with E-state index in [1.54, 1.807) is 11.3 Å². The number of carbonyl (C=O) groups excluding carboxylic acids is 1. The van der Waals surface area contributed by atoms with Crippen molar-refractivity contribution in [3.8, 4) is 0 Å². The summed E-state index contributed by atoms with van der Waals surface area (Å²) in [5.74, 6) is 0.0117. The first kappa shape index (κ1) is 20.8. The molecule has 1 fully saturated rings. The summed E-state index contributed by atoms with van der Waals surface area (Å²) in [7, 11) is 0. The molecule has 1 aliphatic rings. The lowest BCUT2D eigenvalue weighted by Crippen LogP contribution is -2.48. The molecule has 1 N–H and O–H groups in total. The Labute approximate surface area is 182 Å². The predicted molar refractivity (Wildman–Crippen MR) is 126 cm³/mol. The molecule has 0 atom stereocenters. The number of aromatic nitrogens is 1. The van der Waals surface area contributed by atoms with Crippen LogP contribution in [0.4, 0.5) is 5.13 Å². The van der Waals surface area contributed by atoms with Gasteiger partial charge in [0.1, 0.15) is 0 Å². The lowest BCUT2D eigenvalue weighted by molar-refractivity contribution is 0.0947. The Morgan fingerprint density at radius 2 is 1.87 bits per heavy atom. The second kappa shape index (κ2) is 9.14. The number of benzene rings is 2. The molecular formula is C24H30N4OS. The van der Waals surface area contributed by atoms with Gasteiger partial charge in [-0.15, -0.1) is 0 Å². The van der Waals surface area contributed by atoms with Gasteiger partial charge in [0.05, 0.1) is 10.2 Å². The zero-order chi connectivity index (χ0) is 21.1. The normalized spacial score (nSPS) is 15.0. The molecule has 0 aliphatic carbocycles. The number of carbonyl (C=O) groups is 1. The van der Waals surface area contributed by atoms with E-state index in [4.69, 9.17) is 4.98 Å². The molecule has 0 bridgehead atoms. The van der Waals surface area contributed by atoms with Crippen molar-refractivity contribution < 1.29 is 4.79 Å². The molecule has 4 rings (SSSR count). The minimum Gasteiger partial charge on any atom is -0.351 e. The number of thiazole rings is 1. The van der Waals surface area contributed by atoms with E-state index in [1.807, 2.05) is 25.1 Å². The first-order valence-electron chi connectivity index (χ1n) is 10.8. The molecule has 1 aromatic heterocycles. The lowest BCUT2D eigenvalue weighted by Gasteiger charge is -2.34. The topological polar surface area (TPSA) is 48.5 Å². The fourth-order valence-electron chi connectivity index (χ4n) is 3.79. The SMILES string of the molecule is CCc1ccc2nc(N3CCN(CCNC(=O)c4ccc(C)c(C)c4)CC3)sc2c1. The third-order valence-electron chi connectivity index (χ3n) is 5.98. The molecular weight excluding hydrogens is 392 g/mol. The predicted octanol–water partition coefficient (Wildman–Crippen LogP) is 4.03. The van der Waals surface area contributed by atoms with Gasteiger partial charge in [0.25, 0.3) is 5.91 Å². The van der Waals surface area contributed by atoms with Crippen LogP contribution in [0.3, 0.4) is 0 Å². The van der Waals surface area contributed by atoms with Gasteiger partial charge in [-0.3, -0.25) is 9.69 Å². The summed E-state index contributed by atoms with van der Waals surface area (Å²) in [4.78, 5) is 22.0. The van der Waals surface area contributed by atoms with E-state index >= 15 is 0 Å². The van der Waals surface area contributed by atoms with E-state index in [0.717, 1.165) is 60.9 Å². The number of nitrogens with one attached hydrogen (secondary N) is 1. The molecule has 30 heavy (non-hydrogen) atoms. The molecule has 1 aliphatic heterocycles. The fraction of sp³-hybridized carbons (Fsp3) is 0.417. The van der Waals surface area contributed by atoms with Crippen molar-refractivity contribution in [3.05, 3.63) is 58.7 Å². The third kappa shape index (κ3) is 4.65. The largest absolute Gasteiger partial charge is 0.351 e. The van der Waals surface area contributed by atoms with Crippen LogP contribution in [0.15, 0.2) is 36.4 Å². The van der Waals surface area contributed by atoms with Crippen molar-refractivity contribution in [2.24, 2.45) is 0 Å². The van der Waals surface area contributed by atoms with Gasteiger partial charge >= 0.3 is 0 Å². The quantitative estimate of drug-likeness (QED) is 0.652. The number of nitrogens with zero attached hydrogens (tertiary/aromatic N) is 3. The van der Waals surface area contributed by atoms with Gasteiger partial charge in [-0.25, -0.2) is 4.98 Å². The molecule has 158 valence electrons. The number of aryl methyl sites for hydroxylation is 3. The van der Waals surface area contributed by atoms with Crippen LogP contribution >= 0.6 is 11.3 Å². The molecule has 6 heteroatoms. The van der Waals surface area contributed by atoms with Crippen molar-refractivity contribution in [2.75, 3.05) is 44.2 Å². The second-order valence-electron chi connectivity index (χ2n) is 8.04. The number of rotatable bonds is 6. The summed E-state index contributed by atoms with van der Waals surface area (Å²) in [6.07, 6.45) is 1.06. The first-order valence-corrected chi connectivity index (χ1v) is 11.6. The number of anilines is 1. The van der Waals surface area contributed by atoms with E-state index in [9.17, 15) is 4.79 Å². The van der Waals surface area contributed by atoms with Crippen molar-refractivity contribution in [3.63, 3.8) is 0 Å². The molecule has 5 nitrogen and oxygen atoms in total. The maximum atomic E-state index is 12.4. The zero-order valence-corrected chi connectivity index (χ0v) is 18.9. The molecule has 0 unspecified atom stereocenters. The maximum Gasteiger partial charge on any atom is 0.251 e. The number of fused-ring (bicyclic) bond motifs is 1. The van der Waals surface area contributed by atoms with Gasteiger partial charge in [-0.1, -0.05) is 30.4 Å². The lowest BCUT2D eigenvalue weighted by atomic mass is 10.1. The maximum absolute atomic E-state index is 12.4. The Morgan fingerprint density at radius 1 is 1.07 bits per heavy atom. The highest BCUT2D eigenvalue weighted by Gasteiger charge is 2.20. The van der Waals surface area contributed by atoms with Crippen LogP contribution in [-0.2, 0) is 6.42 Å². The van der Waals surface area contributed by atoms with E-state index in [1.165, 1.54) is 15.8 Å². The van der Waals surface area contributed by atoms with Crippen molar-refractivity contribution in [1.82, 2.24) is 15.2 Å². The molecule has 3 aromatic rings. The zero-order valence-electron chi connectivity index (χ0n) is 18.1. The second-order valence-corrected chi connectivity index (χ2v) is 9.04. The summed E-state index contributed by atoms with van der Waals surface area (Å²) >= 11 is 1.80. The van der Waals surface area contributed by atoms with Gasteiger partial charge in [0.15, 0.2) is 5.13 Å². The Bertz CT molecular complexity index is 1040. The molecule has 1 amide bonds. The minimum absolute atomic E-state index is 0.0117. The Morgan fingerprint density at radius 3 is 2.60 bits per heavy atom. The van der Waals surface area contributed by atoms with Crippen LogP contribution in [-0.4, -0.2) is 55.1 Å². The van der Waals surface area contributed by atoms with E-state index in [2.05, 4.69) is 47.2 Å². The molecule has 0 saturated carbocycles. The van der Waals surface area contributed by atoms with Gasteiger partial charge in [-0.05, 0) is 61.2 Å². The van der Waals surface area contributed by atoms with Crippen LogP contribution in [0.25, 0.3) is 10.2 Å². The molecule has 2 aromatic carbocycles. The van der Waals surface area contributed by atoms with Gasteiger partial charge in [0.2, 0.25) is 0 Å². The Hall–Kier alpha value is -2.44. The highest BCUT2D eigenvalue weighted by atomic mass is 32.1. The average Bonchev–Trinajstić information content (AvgIpc) is 3.19. The van der Waals surface area contributed by atoms with Crippen LogP contribution in [0.2, 0.25) is 0 Å². The van der Waals surface area contributed by atoms with Gasteiger partial charge < -0.3 is 10.2 Å². The van der Waals surface area contributed by atoms with Crippen molar-refractivity contribution in [2.45, 2.75) is 27.2 Å². The minimum atomic E-state index is 0.0117. The third-order valence-corrected chi connectivity index (χ3v) is 7.05. The number of amides is 1. The number of hydrogen-bond donors (Lipinski definition) is 1. The van der Waals surface area contributed by atoms with Crippen LogP contribution < -0.4 is 10.2 Å². The van der Waals surface area contributed by atoms with E-state index in [-0.39, 0.29) is 5.91 Å².